The summed E-state index contributed by atoms with van der Waals surface area (Å²) >= 11 is 18.6. The molecule has 0 spiro atoms. The molecule has 1 fully saturated rings. The van der Waals surface area contributed by atoms with Gasteiger partial charge in [0.15, 0.2) is 11.5 Å². The van der Waals surface area contributed by atoms with E-state index in [1.807, 2.05) is 0 Å². The van der Waals surface area contributed by atoms with Crippen LogP contribution in [-0.2, 0) is 22.8 Å². The number of methoxy groups -OCH3 is 1. The zero-order valence-corrected chi connectivity index (χ0v) is 26.1. The molecule has 0 aliphatic carbocycles. The Bertz CT molecular complexity index is 1900. The summed E-state index contributed by atoms with van der Waals surface area (Å²) in [6.45, 7) is 0.110. The van der Waals surface area contributed by atoms with Crippen molar-refractivity contribution in [3.63, 3.8) is 0 Å². The first-order valence-corrected chi connectivity index (χ1v) is 14.5. The second kappa shape index (κ2) is 13.9. The number of nitro benzene ring substituents is 1. The lowest BCUT2D eigenvalue weighted by atomic mass is 10.1. The second-order valence-corrected chi connectivity index (χ2v) is 11.0. The van der Waals surface area contributed by atoms with E-state index in [0.717, 1.165) is 4.90 Å². The van der Waals surface area contributed by atoms with Gasteiger partial charge in [-0.3, -0.25) is 25.0 Å². The summed E-state index contributed by atoms with van der Waals surface area (Å²) in [6, 6.07) is 19.1. The zero-order valence-electron chi connectivity index (χ0n) is 23.8. The van der Waals surface area contributed by atoms with Crippen LogP contribution in [0.15, 0.2) is 84.4 Å². The molecule has 46 heavy (non-hydrogen) atoms. The van der Waals surface area contributed by atoms with Crippen molar-refractivity contribution < 1.29 is 33.5 Å². The number of imide groups is 2. The van der Waals surface area contributed by atoms with Crippen LogP contribution in [-0.4, -0.2) is 29.9 Å². The molecule has 1 heterocycles. The van der Waals surface area contributed by atoms with Crippen molar-refractivity contribution in [2.24, 2.45) is 0 Å². The molecule has 0 bridgehead atoms. The number of ether oxygens (including phenoxy) is 3. The monoisotopic (exact) mass is 681 g/mol. The molecule has 5 rings (SSSR count). The summed E-state index contributed by atoms with van der Waals surface area (Å²) in [5.41, 5.74) is 1.32. The number of amides is 4. The minimum atomic E-state index is -0.922. The van der Waals surface area contributed by atoms with E-state index >= 15 is 0 Å². The Kier molecular flexibility index (Phi) is 9.76. The van der Waals surface area contributed by atoms with Gasteiger partial charge < -0.3 is 14.2 Å². The third kappa shape index (κ3) is 7.23. The highest BCUT2D eigenvalue weighted by Gasteiger charge is 2.37. The van der Waals surface area contributed by atoms with Gasteiger partial charge >= 0.3 is 6.03 Å². The molecular formula is C32H22Cl3N3O8. The first kappa shape index (κ1) is 32.3. The van der Waals surface area contributed by atoms with Crippen LogP contribution in [0.2, 0.25) is 15.1 Å². The van der Waals surface area contributed by atoms with Gasteiger partial charge in [0, 0.05) is 27.7 Å². The average Bonchev–Trinajstić information content (AvgIpc) is 3.02. The molecule has 0 saturated carbocycles. The van der Waals surface area contributed by atoms with Gasteiger partial charge in [0.25, 0.3) is 17.5 Å². The molecule has 0 radical (unpaired) electrons. The maximum absolute atomic E-state index is 13.4. The Morgan fingerprint density at radius 1 is 0.891 bits per heavy atom. The summed E-state index contributed by atoms with van der Waals surface area (Å²) in [5, 5.41) is 14.3. The maximum Gasteiger partial charge on any atom is 0.335 e. The maximum atomic E-state index is 13.4. The number of nitrogens with zero attached hydrogens (tertiary/aromatic N) is 2. The van der Waals surface area contributed by atoms with E-state index < -0.39 is 22.8 Å². The van der Waals surface area contributed by atoms with Crippen molar-refractivity contribution in [3.05, 3.63) is 126 Å². The van der Waals surface area contributed by atoms with Crippen molar-refractivity contribution in [1.29, 1.82) is 0 Å². The summed E-state index contributed by atoms with van der Waals surface area (Å²) in [7, 11) is 1.37. The Balaban J connectivity index is 1.33. The lowest BCUT2D eigenvalue weighted by molar-refractivity contribution is -0.384. The molecule has 1 aliphatic rings. The van der Waals surface area contributed by atoms with Gasteiger partial charge in [-0.1, -0.05) is 53.0 Å². The van der Waals surface area contributed by atoms with Crippen LogP contribution in [0.4, 0.5) is 16.2 Å². The van der Waals surface area contributed by atoms with Crippen LogP contribution in [0.25, 0.3) is 6.08 Å². The molecule has 11 nitrogen and oxygen atoms in total. The molecule has 14 heteroatoms. The summed E-state index contributed by atoms with van der Waals surface area (Å²) < 4.78 is 17.0. The number of barbiturate groups is 1. The van der Waals surface area contributed by atoms with Crippen molar-refractivity contribution in [1.82, 2.24) is 5.32 Å². The van der Waals surface area contributed by atoms with Gasteiger partial charge in [0.2, 0.25) is 0 Å². The fourth-order valence-corrected chi connectivity index (χ4v) is 5.17. The quantitative estimate of drug-likeness (QED) is 0.0791. The molecule has 4 aromatic rings. The van der Waals surface area contributed by atoms with Crippen LogP contribution >= 0.6 is 34.8 Å². The molecule has 1 N–H and O–H groups in total. The predicted molar refractivity (Wildman–Crippen MR) is 172 cm³/mol. The summed E-state index contributed by atoms with van der Waals surface area (Å²) in [4.78, 5) is 50.3. The molecule has 4 amide bonds. The number of nitro groups is 1. The number of hydrogen-bond donors (Lipinski definition) is 1. The van der Waals surface area contributed by atoms with Gasteiger partial charge in [-0.15, -0.1) is 0 Å². The topological polar surface area (TPSA) is 137 Å². The molecule has 234 valence electrons. The largest absolute Gasteiger partial charge is 0.493 e. The number of urea groups is 1. The fraction of sp³-hybridized carbons (Fsp3) is 0.0938. The van der Waals surface area contributed by atoms with Crippen LogP contribution in [0.1, 0.15) is 16.7 Å². The van der Waals surface area contributed by atoms with Crippen molar-refractivity contribution in [2.45, 2.75) is 13.2 Å². The smallest absolute Gasteiger partial charge is 0.335 e. The first-order valence-electron chi connectivity index (χ1n) is 13.4. The van der Waals surface area contributed by atoms with E-state index in [1.165, 1.54) is 55.7 Å². The fourth-order valence-electron chi connectivity index (χ4n) is 4.43. The number of anilines is 1. The zero-order chi connectivity index (χ0) is 33.0. The van der Waals surface area contributed by atoms with Crippen LogP contribution in [0, 0.1) is 10.1 Å². The molecule has 0 aromatic heterocycles. The summed E-state index contributed by atoms with van der Waals surface area (Å²) in [5.74, 6) is -0.990. The lowest BCUT2D eigenvalue weighted by Crippen LogP contribution is -2.54. The van der Waals surface area contributed by atoms with Gasteiger partial charge in [-0.05, 0) is 65.7 Å². The molecule has 1 saturated heterocycles. The molecule has 0 unspecified atom stereocenters. The SMILES string of the molecule is COc1cc(/C=C2\C(=O)NC(=O)N(c3ccc(OCc4ccc(Cl)cc4Cl)cc3)C2=O)cc(Cl)c1OCc1cccc([N+](=O)[O-])c1. The van der Waals surface area contributed by atoms with Gasteiger partial charge in [0.1, 0.15) is 24.5 Å². The number of nitrogens with one attached hydrogen (secondary N) is 1. The Labute approximate surface area is 277 Å². The highest BCUT2D eigenvalue weighted by molar-refractivity contribution is 6.39. The first-order chi connectivity index (χ1) is 22.0. The number of non-ortho nitro benzene ring substituents is 1. The van der Waals surface area contributed by atoms with E-state index in [2.05, 4.69) is 5.32 Å². The molecule has 4 aromatic carbocycles. The number of carbonyl (C=O) groups excluding carboxylic acids is 3. The minimum absolute atomic E-state index is 0.0468. The lowest BCUT2D eigenvalue weighted by Gasteiger charge is -2.26. The highest BCUT2D eigenvalue weighted by atomic mass is 35.5. The van der Waals surface area contributed by atoms with Crippen LogP contribution in [0.3, 0.4) is 0 Å². The van der Waals surface area contributed by atoms with E-state index in [-0.39, 0.29) is 46.7 Å². The van der Waals surface area contributed by atoms with Crippen LogP contribution in [0.5, 0.6) is 17.2 Å². The number of halogens is 3. The Morgan fingerprint density at radius 2 is 1.65 bits per heavy atom. The third-order valence-electron chi connectivity index (χ3n) is 6.67. The Morgan fingerprint density at radius 3 is 2.35 bits per heavy atom. The number of benzene rings is 4. The van der Waals surface area contributed by atoms with Gasteiger partial charge in [-0.2, -0.15) is 0 Å². The van der Waals surface area contributed by atoms with E-state index in [0.29, 0.717) is 32.5 Å². The van der Waals surface area contributed by atoms with E-state index in [9.17, 15) is 24.5 Å². The average molecular weight is 683 g/mol. The van der Waals surface area contributed by atoms with Crippen molar-refractivity contribution in [2.75, 3.05) is 12.0 Å². The van der Waals surface area contributed by atoms with Crippen molar-refractivity contribution in [3.8, 4) is 17.2 Å². The normalized spacial score (nSPS) is 13.9. The van der Waals surface area contributed by atoms with Crippen LogP contribution < -0.4 is 24.4 Å². The van der Waals surface area contributed by atoms with E-state index in [4.69, 9.17) is 49.0 Å². The molecule has 1 aliphatic heterocycles. The van der Waals surface area contributed by atoms with Gasteiger partial charge in [-0.25, -0.2) is 9.69 Å². The number of hydrogen-bond acceptors (Lipinski definition) is 8. The van der Waals surface area contributed by atoms with E-state index in [1.54, 1.807) is 36.4 Å². The Hall–Kier alpha value is -5.10. The number of rotatable bonds is 10. The number of carbonyl (C=O) groups is 3. The minimum Gasteiger partial charge on any atom is -0.493 e. The highest BCUT2D eigenvalue weighted by Crippen LogP contribution is 2.38. The third-order valence-corrected chi connectivity index (χ3v) is 7.54. The van der Waals surface area contributed by atoms with Gasteiger partial charge in [0.05, 0.1) is 22.7 Å². The summed E-state index contributed by atoms with van der Waals surface area (Å²) in [6.07, 6.45) is 1.27. The standard InChI is InChI=1S/C32H22Cl3N3O8/c1-44-28-14-19(13-27(35)29(28)46-16-18-3-2-4-23(11-18)38(42)43)12-25-30(39)36-32(41)37(31(25)40)22-7-9-24(10-8-22)45-17-20-5-6-21(33)15-26(20)34/h2-15H,16-17H2,1H3,(H,36,39,41)/b25-12+. The molecular weight excluding hydrogens is 661 g/mol. The van der Waals surface area contributed by atoms with Crippen molar-refractivity contribution >= 4 is 70.1 Å². The predicted octanol–water partition coefficient (Wildman–Crippen LogP) is 7.39. The molecule has 0 atom stereocenters. The second-order valence-electron chi connectivity index (χ2n) is 9.73.